The van der Waals surface area contributed by atoms with E-state index in [9.17, 15) is 19.8 Å². The van der Waals surface area contributed by atoms with Crippen molar-refractivity contribution in [3.05, 3.63) is 23.8 Å². The lowest BCUT2D eigenvalue weighted by Gasteiger charge is -2.18. The zero-order valence-electron chi connectivity index (χ0n) is 17.9. The number of anilines is 1. The molecule has 2 unspecified atom stereocenters. The molecular weight excluding hydrogens is 386 g/mol. The molecule has 0 aromatic heterocycles. The summed E-state index contributed by atoms with van der Waals surface area (Å²) in [6.45, 7) is 3.05. The monoisotopic (exact) mass is 423 g/mol. The van der Waals surface area contributed by atoms with Gasteiger partial charge in [0.05, 0.1) is 11.8 Å². The third kappa shape index (κ3) is 11.6. The number of carboxylic acid groups (broad SMARTS) is 1. The van der Waals surface area contributed by atoms with E-state index in [1.54, 1.807) is 12.1 Å². The van der Waals surface area contributed by atoms with Crippen molar-refractivity contribution in [2.75, 3.05) is 18.4 Å². The molecule has 1 rings (SSSR count). The maximum atomic E-state index is 10.6. The number of aromatic hydroxyl groups is 1. The molecular formula is C22H37N3O5. The Morgan fingerprint density at radius 3 is 2.33 bits per heavy atom. The molecule has 0 radical (unpaired) electrons. The molecule has 0 bridgehead atoms. The van der Waals surface area contributed by atoms with Crippen LogP contribution in [-0.2, 0) is 4.79 Å². The van der Waals surface area contributed by atoms with Crippen LogP contribution >= 0.6 is 0 Å². The molecule has 6 N–H and O–H groups in total. The third-order valence-corrected chi connectivity index (χ3v) is 5.12. The standard InChI is InChI=1S/C22H37N3O5/c1-17(10-8-6-4-2-3-5-7-9-13-23-22(29)30)24-15-21(28)18-11-12-20(27)19(14-18)25-16-26/h11-12,14,16-17,21,23-24,27-28H,2-10,13,15H2,1H3,(H,25,26)(H,29,30). The van der Waals surface area contributed by atoms with Gasteiger partial charge < -0.3 is 31.3 Å². The molecule has 1 aromatic carbocycles. The zero-order chi connectivity index (χ0) is 22.2. The number of phenols is 1. The Morgan fingerprint density at radius 1 is 1.07 bits per heavy atom. The van der Waals surface area contributed by atoms with Crippen molar-refractivity contribution < 1.29 is 24.9 Å². The topological polar surface area (TPSA) is 131 Å². The Morgan fingerprint density at radius 2 is 1.70 bits per heavy atom. The summed E-state index contributed by atoms with van der Waals surface area (Å²) < 4.78 is 0. The highest BCUT2D eigenvalue weighted by atomic mass is 16.4. The van der Waals surface area contributed by atoms with Crippen molar-refractivity contribution in [2.24, 2.45) is 0 Å². The summed E-state index contributed by atoms with van der Waals surface area (Å²) in [5.41, 5.74) is 0.919. The average Bonchev–Trinajstić information content (AvgIpc) is 2.71. The van der Waals surface area contributed by atoms with Gasteiger partial charge in [-0.1, -0.05) is 51.0 Å². The van der Waals surface area contributed by atoms with Crippen LogP contribution in [0.3, 0.4) is 0 Å². The van der Waals surface area contributed by atoms with Crippen LogP contribution in [0.1, 0.15) is 76.4 Å². The number of phenolic OH excluding ortho intramolecular Hbond substituents is 1. The highest BCUT2D eigenvalue weighted by Gasteiger charge is 2.12. The van der Waals surface area contributed by atoms with Crippen LogP contribution in [0.15, 0.2) is 18.2 Å². The minimum absolute atomic E-state index is 0.0328. The molecule has 1 aromatic rings. The van der Waals surface area contributed by atoms with Crippen molar-refractivity contribution in [1.82, 2.24) is 10.6 Å². The Bertz CT molecular complexity index is 627. The predicted octanol–water partition coefficient (Wildman–Crippen LogP) is 3.75. The highest BCUT2D eigenvalue weighted by Crippen LogP contribution is 2.26. The second-order valence-electron chi connectivity index (χ2n) is 7.71. The molecule has 2 amide bonds. The van der Waals surface area contributed by atoms with Gasteiger partial charge in [0.1, 0.15) is 5.75 Å². The Hall–Kier alpha value is -2.32. The lowest BCUT2D eigenvalue weighted by atomic mass is 10.0. The SMILES string of the molecule is CC(CCCCCCCCCCNC(=O)O)NCC(O)c1ccc(O)c(NC=O)c1. The molecule has 0 aliphatic heterocycles. The van der Waals surface area contributed by atoms with E-state index in [1.807, 2.05) is 0 Å². The Kier molecular flexibility index (Phi) is 13.3. The van der Waals surface area contributed by atoms with Crippen molar-refractivity contribution in [2.45, 2.75) is 76.9 Å². The van der Waals surface area contributed by atoms with Crippen LogP contribution in [0.2, 0.25) is 0 Å². The fraction of sp³-hybridized carbons (Fsp3) is 0.636. The largest absolute Gasteiger partial charge is 0.506 e. The Labute approximate surface area is 179 Å². The first-order valence-electron chi connectivity index (χ1n) is 10.9. The number of carbonyl (C=O) groups excluding carboxylic acids is 1. The molecule has 8 nitrogen and oxygen atoms in total. The lowest BCUT2D eigenvalue weighted by molar-refractivity contribution is -0.105. The van der Waals surface area contributed by atoms with Gasteiger partial charge in [-0.15, -0.1) is 0 Å². The van der Waals surface area contributed by atoms with Gasteiger partial charge in [0, 0.05) is 19.1 Å². The van der Waals surface area contributed by atoms with E-state index < -0.39 is 12.2 Å². The number of benzene rings is 1. The molecule has 0 saturated heterocycles. The van der Waals surface area contributed by atoms with Crippen LogP contribution in [-0.4, -0.2) is 47.0 Å². The van der Waals surface area contributed by atoms with E-state index in [0.717, 1.165) is 32.1 Å². The number of hydrogen-bond acceptors (Lipinski definition) is 5. The van der Waals surface area contributed by atoms with E-state index in [0.29, 0.717) is 31.1 Å². The van der Waals surface area contributed by atoms with Crippen LogP contribution in [0, 0.1) is 0 Å². The first-order valence-corrected chi connectivity index (χ1v) is 10.9. The molecule has 2 atom stereocenters. The van der Waals surface area contributed by atoms with Gasteiger partial charge in [0.15, 0.2) is 0 Å². The highest BCUT2D eigenvalue weighted by molar-refractivity contribution is 5.75. The molecule has 0 saturated carbocycles. The van der Waals surface area contributed by atoms with E-state index in [4.69, 9.17) is 5.11 Å². The molecule has 0 spiro atoms. The molecule has 0 heterocycles. The summed E-state index contributed by atoms with van der Waals surface area (Å²) in [6.07, 6.45) is 8.94. The fourth-order valence-corrected chi connectivity index (χ4v) is 3.30. The predicted molar refractivity (Wildman–Crippen MR) is 118 cm³/mol. The second-order valence-corrected chi connectivity index (χ2v) is 7.71. The number of aliphatic hydroxyl groups excluding tert-OH is 1. The van der Waals surface area contributed by atoms with Crippen molar-refractivity contribution >= 4 is 18.2 Å². The number of carbonyl (C=O) groups is 2. The fourth-order valence-electron chi connectivity index (χ4n) is 3.30. The van der Waals surface area contributed by atoms with E-state index >= 15 is 0 Å². The first kappa shape index (κ1) is 25.7. The summed E-state index contributed by atoms with van der Waals surface area (Å²) in [4.78, 5) is 20.9. The average molecular weight is 424 g/mol. The zero-order valence-corrected chi connectivity index (χ0v) is 17.9. The number of nitrogens with one attached hydrogen (secondary N) is 3. The second kappa shape index (κ2) is 15.5. The van der Waals surface area contributed by atoms with Crippen LogP contribution in [0.25, 0.3) is 0 Å². The minimum atomic E-state index is -0.949. The van der Waals surface area contributed by atoms with Crippen molar-refractivity contribution in [3.8, 4) is 5.75 Å². The van der Waals surface area contributed by atoms with Gasteiger partial charge in [0.25, 0.3) is 0 Å². The number of hydrogen-bond donors (Lipinski definition) is 6. The van der Waals surface area contributed by atoms with Crippen LogP contribution in [0.5, 0.6) is 5.75 Å². The van der Waals surface area contributed by atoms with Crippen molar-refractivity contribution in [1.29, 1.82) is 0 Å². The Balaban J connectivity index is 2.07. The van der Waals surface area contributed by atoms with Gasteiger partial charge in [-0.2, -0.15) is 0 Å². The third-order valence-electron chi connectivity index (χ3n) is 5.12. The number of unbranched alkanes of at least 4 members (excludes halogenated alkanes) is 7. The van der Waals surface area contributed by atoms with Crippen molar-refractivity contribution in [3.63, 3.8) is 0 Å². The molecule has 170 valence electrons. The minimum Gasteiger partial charge on any atom is -0.506 e. The molecule has 0 fully saturated rings. The van der Waals surface area contributed by atoms with E-state index in [1.165, 1.54) is 31.7 Å². The smallest absolute Gasteiger partial charge is 0.404 e. The quantitative estimate of drug-likeness (QED) is 0.129. The lowest BCUT2D eigenvalue weighted by Crippen LogP contribution is -2.30. The van der Waals surface area contributed by atoms with Gasteiger partial charge in [0.2, 0.25) is 6.41 Å². The van der Waals surface area contributed by atoms with E-state index in [-0.39, 0.29) is 11.4 Å². The molecule has 30 heavy (non-hydrogen) atoms. The summed E-state index contributed by atoms with van der Waals surface area (Å²) in [5.74, 6) is -0.0328. The van der Waals surface area contributed by atoms with Gasteiger partial charge in [-0.05, 0) is 37.5 Å². The number of rotatable bonds is 17. The van der Waals surface area contributed by atoms with Gasteiger partial charge in [-0.3, -0.25) is 4.79 Å². The van der Waals surface area contributed by atoms with Crippen LogP contribution in [0.4, 0.5) is 10.5 Å². The summed E-state index contributed by atoms with van der Waals surface area (Å²) in [7, 11) is 0. The molecule has 8 heteroatoms. The van der Waals surface area contributed by atoms with Gasteiger partial charge in [-0.25, -0.2) is 4.79 Å². The first-order chi connectivity index (χ1) is 14.4. The van der Waals surface area contributed by atoms with Crippen LogP contribution < -0.4 is 16.0 Å². The molecule has 0 aliphatic rings. The summed E-state index contributed by atoms with van der Waals surface area (Å²) >= 11 is 0. The normalized spacial score (nSPS) is 12.9. The maximum absolute atomic E-state index is 10.6. The number of amides is 2. The van der Waals surface area contributed by atoms with E-state index in [2.05, 4.69) is 22.9 Å². The number of aliphatic hydroxyl groups is 1. The maximum Gasteiger partial charge on any atom is 0.404 e. The summed E-state index contributed by atoms with van der Waals surface area (Å²) in [6, 6.07) is 4.97. The van der Waals surface area contributed by atoms with Gasteiger partial charge >= 0.3 is 6.09 Å². The summed E-state index contributed by atoms with van der Waals surface area (Å²) in [5, 5.41) is 36.6. The molecule has 0 aliphatic carbocycles.